The maximum Gasteiger partial charge on any atom is 0.0474 e. The van der Waals surface area contributed by atoms with E-state index in [1.54, 1.807) is 0 Å². The predicted molar refractivity (Wildman–Crippen MR) is 179 cm³/mol. The molecule has 0 spiro atoms. The molecule has 0 amide bonds. The number of hydrogen-bond donors (Lipinski definition) is 0. The molecule has 0 saturated carbocycles. The minimum atomic E-state index is 1.12. The molecule has 0 aliphatic heterocycles. The molecule has 7 aromatic carbocycles. The van der Waals surface area contributed by atoms with Crippen molar-refractivity contribution in [2.75, 3.05) is 9.80 Å². The van der Waals surface area contributed by atoms with E-state index in [1.165, 1.54) is 21.9 Å². The molecule has 0 aliphatic rings. The van der Waals surface area contributed by atoms with Crippen molar-refractivity contribution in [2.24, 2.45) is 0 Å². The number of rotatable bonds is 7. The van der Waals surface area contributed by atoms with Crippen LogP contribution in [0.3, 0.4) is 0 Å². The highest BCUT2D eigenvalue weighted by Gasteiger charge is 2.16. The fraction of sp³-hybridized carbons (Fsp3) is 0. The van der Waals surface area contributed by atoms with E-state index in [4.69, 9.17) is 0 Å². The van der Waals surface area contributed by atoms with Crippen LogP contribution in [0, 0.1) is 0 Å². The van der Waals surface area contributed by atoms with E-state index >= 15 is 0 Å². The Labute approximate surface area is 247 Å². The lowest BCUT2D eigenvalue weighted by atomic mass is 9.96. The highest BCUT2D eigenvalue weighted by atomic mass is 15.1. The number of nitrogens with zero attached hydrogens (tertiary/aromatic N) is 2. The lowest BCUT2D eigenvalue weighted by Gasteiger charge is -2.27. The molecule has 7 aromatic rings. The molecule has 0 atom stereocenters. The molecular formula is C40H30N2. The van der Waals surface area contributed by atoms with Crippen LogP contribution in [0.4, 0.5) is 34.1 Å². The lowest BCUT2D eigenvalue weighted by Crippen LogP contribution is -2.10. The molecule has 0 fully saturated rings. The Morgan fingerprint density at radius 1 is 0.286 bits per heavy atom. The van der Waals surface area contributed by atoms with Gasteiger partial charge in [-0.25, -0.2) is 0 Å². The highest BCUT2D eigenvalue weighted by molar-refractivity contribution is 6.01. The lowest BCUT2D eigenvalue weighted by molar-refractivity contribution is 1.28. The standard InChI is InChI=1S/C40H30N2/c1-5-16-33(17-6-1)41(34-18-7-2-8-19-34)37-27-25-31(26-28-37)40-30-38(29-32-15-13-14-24-39(32)40)42(35-20-9-3-10-21-35)36-22-11-4-12-23-36/h1-30H. The van der Waals surface area contributed by atoms with Crippen molar-refractivity contribution >= 4 is 44.9 Å². The van der Waals surface area contributed by atoms with Gasteiger partial charge in [0.25, 0.3) is 0 Å². The van der Waals surface area contributed by atoms with Crippen molar-refractivity contribution < 1.29 is 0 Å². The summed E-state index contributed by atoms with van der Waals surface area (Å²) in [6.07, 6.45) is 0. The Bertz CT molecular complexity index is 1820. The van der Waals surface area contributed by atoms with Crippen LogP contribution in [0.15, 0.2) is 182 Å². The third-order valence-electron chi connectivity index (χ3n) is 7.60. The summed E-state index contributed by atoms with van der Waals surface area (Å²) in [7, 11) is 0. The summed E-state index contributed by atoms with van der Waals surface area (Å²) in [4.78, 5) is 4.63. The SMILES string of the molecule is c1ccc(N(c2ccccc2)c2ccc(-c3cc(N(c4ccccc4)c4ccccc4)cc4ccccc34)cc2)cc1. The first-order valence-corrected chi connectivity index (χ1v) is 14.3. The average molecular weight is 539 g/mol. The van der Waals surface area contributed by atoms with E-state index in [0.29, 0.717) is 0 Å². The Morgan fingerprint density at radius 3 is 1.14 bits per heavy atom. The number of hydrogen-bond acceptors (Lipinski definition) is 2. The second-order valence-electron chi connectivity index (χ2n) is 10.3. The minimum absolute atomic E-state index is 1.12. The van der Waals surface area contributed by atoms with Gasteiger partial charge in [0.2, 0.25) is 0 Å². The van der Waals surface area contributed by atoms with Crippen LogP contribution >= 0.6 is 0 Å². The summed E-state index contributed by atoms with van der Waals surface area (Å²) in [5.74, 6) is 0. The third-order valence-corrected chi connectivity index (χ3v) is 7.60. The van der Waals surface area contributed by atoms with Gasteiger partial charge in [0.05, 0.1) is 0 Å². The van der Waals surface area contributed by atoms with E-state index in [2.05, 4.69) is 192 Å². The molecule has 42 heavy (non-hydrogen) atoms. The minimum Gasteiger partial charge on any atom is -0.311 e. The molecule has 0 heterocycles. The number of benzene rings is 7. The summed E-state index contributed by atoms with van der Waals surface area (Å²) in [6, 6.07) is 64.5. The normalized spacial score (nSPS) is 10.9. The molecule has 0 saturated heterocycles. The molecule has 0 bridgehead atoms. The maximum atomic E-state index is 2.33. The van der Waals surface area contributed by atoms with Gasteiger partial charge in [-0.2, -0.15) is 0 Å². The summed E-state index contributed by atoms with van der Waals surface area (Å²) < 4.78 is 0. The zero-order chi connectivity index (χ0) is 28.1. The number of fused-ring (bicyclic) bond motifs is 1. The summed E-state index contributed by atoms with van der Waals surface area (Å²) >= 11 is 0. The van der Waals surface area contributed by atoms with Gasteiger partial charge in [0.15, 0.2) is 0 Å². The van der Waals surface area contributed by atoms with Crippen LogP contribution in [-0.4, -0.2) is 0 Å². The van der Waals surface area contributed by atoms with Crippen LogP contribution in [0.2, 0.25) is 0 Å². The van der Waals surface area contributed by atoms with Gasteiger partial charge in [-0.3, -0.25) is 0 Å². The van der Waals surface area contributed by atoms with Crippen LogP contribution in [-0.2, 0) is 0 Å². The quantitative estimate of drug-likeness (QED) is 0.199. The Hall–Kier alpha value is -5.60. The Kier molecular flexibility index (Phi) is 6.94. The molecule has 0 radical (unpaired) electrons. The fourth-order valence-electron chi connectivity index (χ4n) is 5.66. The first-order valence-electron chi connectivity index (χ1n) is 14.3. The zero-order valence-electron chi connectivity index (χ0n) is 23.2. The molecule has 0 unspecified atom stereocenters. The van der Waals surface area contributed by atoms with Gasteiger partial charge in [0, 0.05) is 34.1 Å². The fourth-order valence-corrected chi connectivity index (χ4v) is 5.66. The van der Waals surface area contributed by atoms with Gasteiger partial charge in [-0.15, -0.1) is 0 Å². The van der Waals surface area contributed by atoms with E-state index in [1.807, 2.05) is 0 Å². The van der Waals surface area contributed by atoms with Gasteiger partial charge in [0.1, 0.15) is 0 Å². The molecule has 0 aromatic heterocycles. The monoisotopic (exact) mass is 538 g/mol. The molecule has 200 valence electrons. The van der Waals surface area contributed by atoms with Gasteiger partial charge >= 0.3 is 0 Å². The molecule has 7 rings (SSSR count). The largest absolute Gasteiger partial charge is 0.311 e. The van der Waals surface area contributed by atoms with Crippen molar-refractivity contribution in [2.45, 2.75) is 0 Å². The van der Waals surface area contributed by atoms with Crippen LogP contribution in [0.25, 0.3) is 21.9 Å². The zero-order valence-corrected chi connectivity index (χ0v) is 23.2. The van der Waals surface area contributed by atoms with Gasteiger partial charge in [-0.1, -0.05) is 109 Å². The Morgan fingerprint density at radius 2 is 0.667 bits per heavy atom. The van der Waals surface area contributed by atoms with Crippen molar-refractivity contribution in [3.63, 3.8) is 0 Å². The second kappa shape index (κ2) is 11.5. The third kappa shape index (κ3) is 5.02. The van der Waals surface area contributed by atoms with Crippen molar-refractivity contribution in [3.05, 3.63) is 182 Å². The van der Waals surface area contributed by atoms with E-state index < -0.39 is 0 Å². The van der Waals surface area contributed by atoms with Crippen molar-refractivity contribution in [1.29, 1.82) is 0 Å². The van der Waals surface area contributed by atoms with Crippen LogP contribution in [0.1, 0.15) is 0 Å². The Balaban J connectivity index is 1.36. The first kappa shape index (κ1) is 25.4. The molecule has 2 heteroatoms. The topological polar surface area (TPSA) is 6.48 Å². The van der Waals surface area contributed by atoms with E-state index in [0.717, 1.165) is 34.1 Å². The van der Waals surface area contributed by atoms with Crippen molar-refractivity contribution in [3.8, 4) is 11.1 Å². The number of anilines is 6. The maximum absolute atomic E-state index is 2.33. The smallest absolute Gasteiger partial charge is 0.0474 e. The highest BCUT2D eigenvalue weighted by Crippen LogP contribution is 2.41. The van der Waals surface area contributed by atoms with E-state index in [9.17, 15) is 0 Å². The van der Waals surface area contributed by atoms with E-state index in [-0.39, 0.29) is 0 Å². The predicted octanol–water partition coefficient (Wildman–Crippen LogP) is 11.4. The second-order valence-corrected chi connectivity index (χ2v) is 10.3. The molecule has 2 nitrogen and oxygen atoms in total. The number of para-hydroxylation sites is 4. The molecule has 0 aliphatic carbocycles. The summed E-state index contributed by atoms with van der Waals surface area (Å²) in [5.41, 5.74) is 9.14. The van der Waals surface area contributed by atoms with Gasteiger partial charge in [-0.05, 0) is 94.7 Å². The molecule has 0 N–H and O–H groups in total. The summed E-state index contributed by atoms with van der Waals surface area (Å²) in [6.45, 7) is 0. The van der Waals surface area contributed by atoms with Crippen LogP contribution < -0.4 is 9.80 Å². The first-order chi connectivity index (χ1) is 20.8. The van der Waals surface area contributed by atoms with Crippen molar-refractivity contribution in [1.82, 2.24) is 0 Å². The summed E-state index contributed by atoms with van der Waals surface area (Å²) in [5, 5.41) is 2.44. The molecular weight excluding hydrogens is 508 g/mol. The average Bonchev–Trinajstić information content (AvgIpc) is 3.07. The van der Waals surface area contributed by atoms with Gasteiger partial charge < -0.3 is 9.80 Å². The van der Waals surface area contributed by atoms with Crippen LogP contribution in [0.5, 0.6) is 0 Å².